The van der Waals surface area contributed by atoms with Gasteiger partial charge in [-0.2, -0.15) is 17.6 Å². The third kappa shape index (κ3) is 4.19. The lowest BCUT2D eigenvalue weighted by Crippen LogP contribution is -2.47. The Balaban J connectivity index is 2.07. The van der Waals surface area contributed by atoms with E-state index in [-0.39, 0.29) is 17.1 Å². The van der Waals surface area contributed by atoms with Crippen LogP contribution in [0.4, 0.5) is 27.8 Å². The number of ether oxygens (including phenoxy) is 2. The summed E-state index contributed by atoms with van der Waals surface area (Å²) in [5.41, 5.74) is 1.82. The highest BCUT2D eigenvalue weighted by molar-refractivity contribution is 5.95. The molecule has 1 fully saturated rings. The molecule has 178 valence electrons. The summed E-state index contributed by atoms with van der Waals surface area (Å²) in [5.74, 6) is -8.45. The fraction of sp³-hybridized carbons (Fsp3) is 0.400. The van der Waals surface area contributed by atoms with E-state index in [4.69, 9.17) is 15.2 Å². The smallest absolute Gasteiger partial charge is 0.417 e. The van der Waals surface area contributed by atoms with Gasteiger partial charge in [0.1, 0.15) is 11.8 Å². The summed E-state index contributed by atoms with van der Waals surface area (Å²) in [6, 6.07) is 1.76. The second-order valence-electron chi connectivity index (χ2n) is 7.58. The molecule has 1 aliphatic rings. The van der Waals surface area contributed by atoms with Gasteiger partial charge in [-0.15, -0.1) is 0 Å². The molecular formula is C20H19F5N4O4. The molecule has 0 spiro atoms. The number of rotatable bonds is 5. The van der Waals surface area contributed by atoms with Crippen molar-refractivity contribution in [3.05, 3.63) is 47.4 Å². The summed E-state index contributed by atoms with van der Waals surface area (Å²) in [6.07, 6.45) is -4.65. The Labute approximate surface area is 184 Å². The number of alkyl halides is 3. The Hall–Kier alpha value is -3.35. The number of hydrogen-bond donors (Lipinski definition) is 2. The summed E-state index contributed by atoms with van der Waals surface area (Å²) in [4.78, 5) is 31.7. The van der Waals surface area contributed by atoms with Gasteiger partial charge in [-0.3, -0.25) is 14.6 Å². The lowest BCUT2D eigenvalue weighted by molar-refractivity contribution is -0.272. The third-order valence-corrected chi connectivity index (χ3v) is 5.71. The number of carbonyl (C=O) groups excluding carboxylic acids is 2. The second kappa shape index (κ2) is 8.54. The molecule has 0 aliphatic carbocycles. The van der Waals surface area contributed by atoms with Gasteiger partial charge in [0.15, 0.2) is 23.0 Å². The highest BCUT2D eigenvalue weighted by Gasteiger charge is 2.65. The predicted octanol–water partition coefficient (Wildman–Crippen LogP) is 2.94. The van der Waals surface area contributed by atoms with Crippen molar-refractivity contribution in [1.82, 2.24) is 9.97 Å². The summed E-state index contributed by atoms with van der Waals surface area (Å²) < 4.78 is 79.9. The molecule has 33 heavy (non-hydrogen) atoms. The average molecular weight is 474 g/mol. The fourth-order valence-electron chi connectivity index (χ4n) is 3.78. The Morgan fingerprint density at radius 2 is 1.91 bits per heavy atom. The SMILES string of the molecule is COc1c([C@@H]2[C@@H](C(=O)Nc3cncc(C(N)=O)n3)O[C@](C)(C(F)(F)F)[C@@H]2C)ccc(F)c1F. The van der Waals surface area contributed by atoms with Gasteiger partial charge in [-0.05, 0) is 13.0 Å². The van der Waals surface area contributed by atoms with Crippen molar-refractivity contribution in [3.63, 3.8) is 0 Å². The van der Waals surface area contributed by atoms with E-state index in [0.717, 1.165) is 38.6 Å². The summed E-state index contributed by atoms with van der Waals surface area (Å²) in [5, 5.41) is 2.23. The maximum atomic E-state index is 14.3. The molecule has 13 heteroatoms. The van der Waals surface area contributed by atoms with Crippen molar-refractivity contribution >= 4 is 17.6 Å². The van der Waals surface area contributed by atoms with Crippen LogP contribution >= 0.6 is 0 Å². The predicted molar refractivity (Wildman–Crippen MR) is 103 cm³/mol. The second-order valence-corrected chi connectivity index (χ2v) is 7.58. The van der Waals surface area contributed by atoms with Crippen molar-refractivity contribution in [1.29, 1.82) is 0 Å². The van der Waals surface area contributed by atoms with E-state index in [1.165, 1.54) is 6.92 Å². The van der Waals surface area contributed by atoms with Gasteiger partial charge in [0, 0.05) is 17.4 Å². The van der Waals surface area contributed by atoms with Crippen molar-refractivity contribution in [2.75, 3.05) is 12.4 Å². The van der Waals surface area contributed by atoms with E-state index < -0.39 is 58.9 Å². The van der Waals surface area contributed by atoms with E-state index in [9.17, 15) is 31.5 Å². The van der Waals surface area contributed by atoms with Crippen LogP contribution in [0, 0.1) is 17.6 Å². The highest BCUT2D eigenvalue weighted by atomic mass is 19.4. The normalized spacial score (nSPS) is 25.0. The van der Waals surface area contributed by atoms with Crippen LogP contribution in [-0.4, -0.2) is 46.8 Å². The number of nitrogens with one attached hydrogen (secondary N) is 1. The molecule has 2 aromatic rings. The molecule has 0 unspecified atom stereocenters. The number of hydrogen-bond acceptors (Lipinski definition) is 6. The minimum Gasteiger partial charge on any atom is -0.493 e. The minimum absolute atomic E-state index is 0.186. The van der Waals surface area contributed by atoms with Crippen LogP contribution in [-0.2, 0) is 9.53 Å². The van der Waals surface area contributed by atoms with Gasteiger partial charge in [0.05, 0.1) is 19.5 Å². The standard InChI is InChI=1S/C20H19F5N4O4/c1-8-13(9-4-5-10(21)14(22)15(9)32-3)16(33-19(8,2)20(23,24)25)18(31)29-12-7-27-6-11(28-12)17(26)30/h4-8,13,16H,1-3H3,(H2,26,30)(H,28,29,31)/t8-,13-,16+,19+/m1/s1. The first-order chi connectivity index (χ1) is 15.3. The topological polar surface area (TPSA) is 116 Å². The van der Waals surface area contributed by atoms with Crippen molar-refractivity contribution in [2.24, 2.45) is 11.7 Å². The van der Waals surface area contributed by atoms with Gasteiger partial charge >= 0.3 is 6.18 Å². The summed E-state index contributed by atoms with van der Waals surface area (Å²) in [6.45, 7) is 1.94. The first-order valence-corrected chi connectivity index (χ1v) is 9.51. The first-order valence-electron chi connectivity index (χ1n) is 9.51. The molecule has 1 aromatic carbocycles. The van der Waals surface area contributed by atoms with E-state index in [2.05, 4.69) is 15.3 Å². The molecule has 0 bridgehead atoms. The quantitative estimate of drug-likeness (QED) is 0.644. The lowest BCUT2D eigenvalue weighted by atomic mass is 9.77. The number of anilines is 1. The maximum Gasteiger partial charge on any atom is 0.417 e. The van der Waals surface area contributed by atoms with E-state index in [1.54, 1.807) is 0 Å². The van der Waals surface area contributed by atoms with Gasteiger partial charge in [0.2, 0.25) is 5.82 Å². The van der Waals surface area contributed by atoms with Crippen LogP contribution in [0.1, 0.15) is 35.8 Å². The number of carbonyl (C=O) groups is 2. The summed E-state index contributed by atoms with van der Waals surface area (Å²) in [7, 11) is 1.02. The number of primary amides is 1. The molecule has 8 nitrogen and oxygen atoms in total. The minimum atomic E-state index is -4.91. The van der Waals surface area contributed by atoms with Crippen LogP contribution in [0.3, 0.4) is 0 Å². The van der Waals surface area contributed by atoms with Gasteiger partial charge in [-0.25, -0.2) is 9.37 Å². The van der Waals surface area contributed by atoms with Crippen LogP contribution in [0.5, 0.6) is 5.75 Å². The average Bonchev–Trinajstić information content (AvgIpc) is 3.02. The van der Waals surface area contributed by atoms with Gasteiger partial charge in [-0.1, -0.05) is 13.0 Å². The first kappa shape index (κ1) is 24.3. The van der Waals surface area contributed by atoms with Crippen molar-refractivity contribution in [2.45, 2.75) is 37.6 Å². The zero-order valence-electron chi connectivity index (χ0n) is 17.5. The van der Waals surface area contributed by atoms with Crippen molar-refractivity contribution in [3.8, 4) is 5.75 Å². The molecule has 1 aliphatic heterocycles. The van der Waals surface area contributed by atoms with E-state index in [1.807, 2.05) is 0 Å². The van der Waals surface area contributed by atoms with E-state index in [0.29, 0.717) is 0 Å². The van der Waals surface area contributed by atoms with Crippen LogP contribution in [0.25, 0.3) is 0 Å². The molecule has 4 atom stereocenters. The number of halogens is 5. The molecule has 3 rings (SSSR count). The Morgan fingerprint density at radius 1 is 1.24 bits per heavy atom. The molecule has 2 amide bonds. The molecule has 1 saturated heterocycles. The number of amides is 2. The molecule has 3 N–H and O–H groups in total. The van der Waals surface area contributed by atoms with Crippen LogP contribution in [0.2, 0.25) is 0 Å². The largest absolute Gasteiger partial charge is 0.493 e. The van der Waals surface area contributed by atoms with Crippen LogP contribution in [0.15, 0.2) is 24.5 Å². The fourth-order valence-corrected chi connectivity index (χ4v) is 3.78. The monoisotopic (exact) mass is 474 g/mol. The molecule has 1 aromatic heterocycles. The lowest BCUT2D eigenvalue weighted by Gasteiger charge is -2.32. The summed E-state index contributed by atoms with van der Waals surface area (Å²) >= 11 is 0. The number of benzene rings is 1. The van der Waals surface area contributed by atoms with Gasteiger partial charge in [0.25, 0.3) is 11.8 Å². The maximum absolute atomic E-state index is 14.3. The number of methoxy groups -OCH3 is 1. The Kier molecular flexibility index (Phi) is 6.29. The molecule has 2 heterocycles. The Morgan fingerprint density at radius 3 is 2.48 bits per heavy atom. The number of aromatic nitrogens is 2. The zero-order chi connectivity index (χ0) is 24.7. The number of nitrogens with two attached hydrogens (primary N) is 1. The van der Waals surface area contributed by atoms with Crippen molar-refractivity contribution < 1.29 is 41.0 Å². The molecule has 0 radical (unpaired) electrons. The third-order valence-electron chi connectivity index (χ3n) is 5.71. The highest BCUT2D eigenvalue weighted by Crippen LogP contribution is 2.54. The zero-order valence-corrected chi connectivity index (χ0v) is 17.5. The molecule has 0 saturated carbocycles. The van der Waals surface area contributed by atoms with Crippen LogP contribution < -0.4 is 15.8 Å². The Bertz CT molecular complexity index is 1100. The molecular weight excluding hydrogens is 455 g/mol. The van der Waals surface area contributed by atoms with E-state index >= 15 is 0 Å². The van der Waals surface area contributed by atoms with Gasteiger partial charge < -0.3 is 20.5 Å². The number of nitrogens with zero attached hydrogens (tertiary/aromatic N) is 2.